The minimum absolute atomic E-state index is 0.590. The molecule has 4 heterocycles. The first kappa shape index (κ1) is 19.0. The number of ether oxygens (including phenoxy) is 1. The number of rotatable bonds is 5. The summed E-state index contributed by atoms with van der Waals surface area (Å²) >= 11 is 0. The number of allylic oxidation sites excluding steroid dienone is 2. The fourth-order valence-electron chi connectivity index (χ4n) is 3.59. The molecule has 0 bridgehead atoms. The number of hydrogen-bond acceptors (Lipinski definition) is 6. The Morgan fingerprint density at radius 3 is 2.61 bits per heavy atom. The van der Waals surface area contributed by atoms with Gasteiger partial charge in [-0.3, -0.25) is 4.57 Å². The highest BCUT2D eigenvalue weighted by molar-refractivity contribution is 5.76. The van der Waals surface area contributed by atoms with Crippen LogP contribution in [0.2, 0.25) is 0 Å². The summed E-state index contributed by atoms with van der Waals surface area (Å²) in [6, 6.07) is 13.9. The molecule has 0 unspecified atom stereocenters. The van der Waals surface area contributed by atoms with E-state index in [1.807, 2.05) is 55.6 Å². The van der Waals surface area contributed by atoms with Crippen molar-refractivity contribution in [3.05, 3.63) is 84.3 Å². The van der Waals surface area contributed by atoms with Crippen molar-refractivity contribution < 1.29 is 4.74 Å². The van der Waals surface area contributed by atoms with E-state index in [0.29, 0.717) is 12.4 Å². The van der Waals surface area contributed by atoms with Crippen LogP contribution in [0.5, 0.6) is 5.75 Å². The molecule has 3 aromatic heterocycles. The Morgan fingerprint density at radius 2 is 1.87 bits per heavy atom. The second-order valence-electron chi connectivity index (χ2n) is 7.33. The minimum Gasteiger partial charge on any atom is -0.497 e. The zero-order chi connectivity index (χ0) is 21.2. The van der Waals surface area contributed by atoms with Gasteiger partial charge in [0.1, 0.15) is 17.0 Å². The number of pyridine rings is 1. The number of nitrogens with zero attached hydrogens (tertiary/aromatic N) is 6. The molecule has 1 aliphatic heterocycles. The zero-order valence-corrected chi connectivity index (χ0v) is 17.4. The molecule has 0 spiro atoms. The maximum atomic E-state index is 5.30. The van der Waals surface area contributed by atoms with E-state index in [0.717, 1.165) is 46.4 Å². The maximum Gasteiger partial charge on any atom is 0.212 e. The average molecular weight is 410 g/mol. The molecule has 1 aromatic carbocycles. The van der Waals surface area contributed by atoms with Gasteiger partial charge in [0.2, 0.25) is 5.95 Å². The lowest BCUT2D eigenvalue weighted by atomic mass is 10.2. The Kier molecular flexibility index (Phi) is 4.92. The standard InChI is InChI=1S/C24H22N6O/c1-17-7-6-8-20(26-17)22-25-15-21-23(28-22)30(16-18-9-11-19(31-2)12-10-18)24(27-21)29-13-4-3-5-14-29/h3-13,15H,14,16H2,1-2H3. The number of methoxy groups -OCH3 is 1. The van der Waals surface area contributed by atoms with E-state index >= 15 is 0 Å². The SMILES string of the molecule is COc1ccc(Cn2c(N3C=CC=CC3)nc3cnc(-c4cccc(C)n4)nc32)cc1. The van der Waals surface area contributed by atoms with E-state index in [4.69, 9.17) is 14.7 Å². The van der Waals surface area contributed by atoms with Crippen LogP contribution in [0.4, 0.5) is 5.95 Å². The summed E-state index contributed by atoms with van der Waals surface area (Å²) in [6.45, 7) is 3.34. The van der Waals surface area contributed by atoms with E-state index < -0.39 is 0 Å². The van der Waals surface area contributed by atoms with E-state index in [1.165, 1.54) is 0 Å². The van der Waals surface area contributed by atoms with Crippen molar-refractivity contribution in [3.8, 4) is 17.3 Å². The fourth-order valence-corrected chi connectivity index (χ4v) is 3.59. The van der Waals surface area contributed by atoms with E-state index in [2.05, 4.69) is 37.6 Å². The van der Waals surface area contributed by atoms with Crippen LogP contribution >= 0.6 is 0 Å². The number of benzene rings is 1. The highest BCUT2D eigenvalue weighted by atomic mass is 16.5. The van der Waals surface area contributed by atoms with Crippen molar-refractivity contribution in [2.45, 2.75) is 13.5 Å². The zero-order valence-electron chi connectivity index (χ0n) is 17.4. The number of aryl methyl sites for hydroxylation is 1. The van der Waals surface area contributed by atoms with Crippen LogP contribution in [0, 0.1) is 6.92 Å². The average Bonchev–Trinajstić information content (AvgIpc) is 3.18. The van der Waals surface area contributed by atoms with Crippen LogP contribution < -0.4 is 9.64 Å². The third-order valence-corrected chi connectivity index (χ3v) is 5.16. The number of aromatic nitrogens is 5. The van der Waals surface area contributed by atoms with Gasteiger partial charge in [-0.2, -0.15) is 0 Å². The van der Waals surface area contributed by atoms with Crippen molar-refractivity contribution >= 4 is 17.1 Å². The summed E-state index contributed by atoms with van der Waals surface area (Å²) in [5.41, 5.74) is 4.34. The predicted molar refractivity (Wildman–Crippen MR) is 121 cm³/mol. The predicted octanol–water partition coefficient (Wildman–Crippen LogP) is 4.14. The summed E-state index contributed by atoms with van der Waals surface area (Å²) in [5, 5.41) is 0. The van der Waals surface area contributed by atoms with Crippen LogP contribution in [-0.4, -0.2) is 38.2 Å². The number of imidazole rings is 1. The summed E-state index contributed by atoms with van der Waals surface area (Å²) in [4.78, 5) is 20.9. The Balaban J connectivity index is 1.63. The lowest BCUT2D eigenvalue weighted by Crippen LogP contribution is -2.22. The first-order valence-corrected chi connectivity index (χ1v) is 10.1. The molecule has 154 valence electrons. The second kappa shape index (κ2) is 8.02. The van der Waals surface area contributed by atoms with Crippen LogP contribution in [0.3, 0.4) is 0 Å². The van der Waals surface area contributed by atoms with Gasteiger partial charge in [0.15, 0.2) is 11.5 Å². The Morgan fingerprint density at radius 1 is 1.00 bits per heavy atom. The van der Waals surface area contributed by atoms with Gasteiger partial charge in [-0.15, -0.1) is 0 Å². The first-order valence-electron chi connectivity index (χ1n) is 10.1. The van der Waals surface area contributed by atoms with Crippen molar-refractivity contribution in [1.82, 2.24) is 24.5 Å². The third-order valence-electron chi connectivity index (χ3n) is 5.16. The number of anilines is 1. The van der Waals surface area contributed by atoms with E-state index in [-0.39, 0.29) is 0 Å². The van der Waals surface area contributed by atoms with Crippen LogP contribution in [0.25, 0.3) is 22.7 Å². The van der Waals surface area contributed by atoms with Crippen LogP contribution in [0.1, 0.15) is 11.3 Å². The monoisotopic (exact) mass is 410 g/mol. The number of hydrogen-bond donors (Lipinski definition) is 0. The lowest BCUT2D eigenvalue weighted by Gasteiger charge is -2.21. The summed E-state index contributed by atoms with van der Waals surface area (Å²) in [6.07, 6.45) is 9.95. The normalized spacial score (nSPS) is 13.2. The van der Waals surface area contributed by atoms with Gasteiger partial charge in [0, 0.05) is 18.4 Å². The topological polar surface area (TPSA) is 69.0 Å². The quantitative estimate of drug-likeness (QED) is 0.492. The Bertz CT molecular complexity index is 1290. The molecule has 0 fully saturated rings. The maximum absolute atomic E-state index is 5.30. The van der Waals surface area contributed by atoms with Gasteiger partial charge in [0.25, 0.3) is 0 Å². The molecule has 0 saturated carbocycles. The minimum atomic E-state index is 0.590. The van der Waals surface area contributed by atoms with E-state index in [9.17, 15) is 0 Å². The smallest absolute Gasteiger partial charge is 0.212 e. The molecule has 7 heteroatoms. The van der Waals surface area contributed by atoms with Crippen LogP contribution in [-0.2, 0) is 6.54 Å². The summed E-state index contributed by atoms with van der Waals surface area (Å²) in [5.74, 6) is 2.25. The molecule has 0 saturated heterocycles. The van der Waals surface area contributed by atoms with Gasteiger partial charge < -0.3 is 9.64 Å². The highest BCUT2D eigenvalue weighted by Gasteiger charge is 2.19. The first-order chi connectivity index (χ1) is 15.2. The lowest BCUT2D eigenvalue weighted by molar-refractivity contribution is 0.414. The van der Waals surface area contributed by atoms with E-state index in [1.54, 1.807) is 13.3 Å². The van der Waals surface area contributed by atoms with Gasteiger partial charge in [-0.05, 0) is 42.8 Å². The summed E-state index contributed by atoms with van der Waals surface area (Å²) in [7, 11) is 1.67. The molecule has 0 N–H and O–H groups in total. The fraction of sp³-hybridized carbons (Fsp3) is 0.167. The molecule has 0 atom stereocenters. The van der Waals surface area contributed by atoms with Crippen LogP contribution in [0.15, 0.2) is 73.1 Å². The molecular formula is C24H22N6O. The molecule has 5 rings (SSSR count). The van der Waals surface area contributed by atoms with Crippen molar-refractivity contribution in [2.24, 2.45) is 0 Å². The molecule has 1 aliphatic rings. The molecule has 0 amide bonds. The molecule has 7 nitrogen and oxygen atoms in total. The molecule has 31 heavy (non-hydrogen) atoms. The summed E-state index contributed by atoms with van der Waals surface area (Å²) < 4.78 is 7.42. The largest absolute Gasteiger partial charge is 0.497 e. The van der Waals surface area contributed by atoms with Crippen molar-refractivity contribution in [1.29, 1.82) is 0 Å². The highest BCUT2D eigenvalue weighted by Crippen LogP contribution is 2.26. The molecule has 4 aromatic rings. The molecular weight excluding hydrogens is 388 g/mol. The van der Waals surface area contributed by atoms with Gasteiger partial charge in [-0.25, -0.2) is 19.9 Å². The van der Waals surface area contributed by atoms with Crippen molar-refractivity contribution in [3.63, 3.8) is 0 Å². The number of fused-ring (bicyclic) bond motifs is 1. The third kappa shape index (κ3) is 3.77. The molecule has 0 radical (unpaired) electrons. The second-order valence-corrected chi connectivity index (χ2v) is 7.33. The van der Waals surface area contributed by atoms with Gasteiger partial charge >= 0.3 is 0 Å². The van der Waals surface area contributed by atoms with Gasteiger partial charge in [-0.1, -0.05) is 30.4 Å². The Labute approximate surface area is 180 Å². The van der Waals surface area contributed by atoms with Gasteiger partial charge in [0.05, 0.1) is 19.9 Å². The Hall–Kier alpha value is -4.00. The van der Waals surface area contributed by atoms with Crippen molar-refractivity contribution in [2.75, 3.05) is 18.6 Å². The molecule has 0 aliphatic carbocycles.